The van der Waals surface area contributed by atoms with Gasteiger partial charge < -0.3 is 10.6 Å². The number of imide groups is 1. The van der Waals surface area contributed by atoms with Crippen molar-refractivity contribution in [1.29, 1.82) is 0 Å². The Hall–Kier alpha value is -2.21. The molecule has 4 rings (SSSR count). The fourth-order valence-corrected chi connectivity index (χ4v) is 4.83. The molecule has 2 fully saturated rings. The third-order valence-electron chi connectivity index (χ3n) is 6.36. The SMILES string of the molecule is CC1CC(CN)CN1C(=O)c1ccc2c(c1)C(=O)N(C1CCCCC1)C2=O. The first-order valence-electron chi connectivity index (χ1n) is 10.0. The van der Waals surface area contributed by atoms with Crippen LogP contribution in [0.15, 0.2) is 18.2 Å². The second-order valence-corrected chi connectivity index (χ2v) is 8.18. The highest BCUT2D eigenvalue weighted by Crippen LogP contribution is 2.32. The second-order valence-electron chi connectivity index (χ2n) is 8.18. The largest absolute Gasteiger partial charge is 0.336 e. The summed E-state index contributed by atoms with van der Waals surface area (Å²) < 4.78 is 0. The summed E-state index contributed by atoms with van der Waals surface area (Å²) in [5.41, 5.74) is 7.04. The summed E-state index contributed by atoms with van der Waals surface area (Å²) in [5.74, 6) is -0.217. The molecule has 2 atom stereocenters. The van der Waals surface area contributed by atoms with E-state index in [0.717, 1.165) is 38.5 Å². The van der Waals surface area contributed by atoms with Crippen LogP contribution in [0.4, 0.5) is 0 Å². The van der Waals surface area contributed by atoms with Crippen molar-refractivity contribution in [2.75, 3.05) is 13.1 Å². The summed E-state index contributed by atoms with van der Waals surface area (Å²) in [7, 11) is 0. The van der Waals surface area contributed by atoms with Crippen molar-refractivity contribution in [3.63, 3.8) is 0 Å². The van der Waals surface area contributed by atoms with Crippen LogP contribution in [-0.4, -0.2) is 52.7 Å². The van der Waals surface area contributed by atoms with Crippen LogP contribution in [0.25, 0.3) is 0 Å². The molecule has 144 valence electrons. The minimum Gasteiger partial charge on any atom is -0.336 e. The molecule has 1 saturated heterocycles. The first-order valence-corrected chi connectivity index (χ1v) is 10.0. The van der Waals surface area contributed by atoms with Crippen LogP contribution in [0.5, 0.6) is 0 Å². The highest BCUT2D eigenvalue weighted by molar-refractivity contribution is 6.22. The molecule has 1 aliphatic carbocycles. The van der Waals surface area contributed by atoms with Crippen LogP contribution >= 0.6 is 0 Å². The van der Waals surface area contributed by atoms with E-state index in [2.05, 4.69) is 0 Å². The van der Waals surface area contributed by atoms with Crippen molar-refractivity contribution in [3.8, 4) is 0 Å². The molecule has 1 saturated carbocycles. The first kappa shape index (κ1) is 18.2. The quantitative estimate of drug-likeness (QED) is 0.830. The molecule has 0 aromatic heterocycles. The van der Waals surface area contributed by atoms with E-state index in [0.29, 0.717) is 35.7 Å². The van der Waals surface area contributed by atoms with E-state index in [-0.39, 0.29) is 29.8 Å². The van der Waals surface area contributed by atoms with Crippen LogP contribution < -0.4 is 5.73 Å². The van der Waals surface area contributed by atoms with E-state index in [9.17, 15) is 14.4 Å². The Balaban J connectivity index is 1.58. The van der Waals surface area contributed by atoms with Gasteiger partial charge in [0.1, 0.15) is 0 Å². The van der Waals surface area contributed by atoms with Gasteiger partial charge in [0.15, 0.2) is 0 Å². The topological polar surface area (TPSA) is 83.7 Å². The zero-order valence-corrected chi connectivity index (χ0v) is 15.8. The Bertz CT molecular complexity index is 785. The number of nitrogens with two attached hydrogens (primary N) is 1. The summed E-state index contributed by atoms with van der Waals surface area (Å²) in [5, 5.41) is 0. The summed E-state index contributed by atoms with van der Waals surface area (Å²) in [6, 6.07) is 5.07. The number of amides is 3. The first-order chi connectivity index (χ1) is 13.0. The maximum Gasteiger partial charge on any atom is 0.261 e. The number of likely N-dealkylation sites (tertiary alicyclic amines) is 1. The number of hydrogen-bond donors (Lipinski definition) is 1. The van der Waals surface area contributed by atoms with Crippen LogP contribution in [0.1, 0.15) is 76.5 Å². The van der Waals surface area contributed by atoms with E-state index >= 15 is 0 Å². The number of fused-ring (bicyclic) bond motifs is 1. The van der Waals surface area contributed by atoms with Crippen molar-refractivity contribution >= 4 is 17.7 Å². The average molecular weight is 369 g/mol. The molecule has 2 N–H and O–H groups in total. The van der Waals surface area contributed by atoms with Gasteiger partial charge in [-0.05, 0) is 56.8 Å². The number of carbonyl (C=O) groups excluding carboxylic acids is 3. The monoisotopic (exact) mass is 369 g/mol. The summed E-state index contributed by atoms with van der Waals surface area (Å²) in [4.78, 5) is 41.9. The van der Waals surface area contributed by atoms with Gasteiger partial charge in [0, 0.05) is 24.2 Å². The fourth-order valence-electron chi connectivity index (χ4n) is 4.83. The van der Waals surface area contributed by atoms with E-state index in [1.165, 1.54) is 4.90 Å². The number of nitrogens with zero attached hydrogens (tertiary/aromatic N) is 2. The second kappa shape index (κ2) is 7.08. The van der Waals surface area contributed by atoms with Crippen molar-refractivity contribution in [2.45, 2.75) is 57.5 Å². The minimum atomic E-state index is -0.245. The molecule has 0 bridgehead atoms. The normalized spacial score (nSPS) is 26.0. The van der Waals surface area contributed by atoms with Crippen molar-refractivity contribution in [2.24, 2.45) is 11.7 Å². The number of carbonyl (C=O) groups is 3. The lowest BCUT2D eigenvalue weighted by Gasteiger charge is -2.29. The number of rotatable bonds is 3. The van der Waals surface area contributed by atoms with Gasteiger partial charge in [-0.25, -0.2) is 0 Å². The molecule has 2 aliphatic heterocycles. The van der Waals surface area contributed by atoms with Crippen LogP contribution in [0.2, 0.25) is 0 Å². The lowest BCUT2D eigenvalue weighted by Crippen LogP contribution is -2.40. The Morgan fingerprint density at radius 2 is 1.81 bits per heavy atom. The molecule has 2 unspecified atom stereocenters. The Kier molecular flexibility index (Phi) is 4.76. The molecule has 6 nitrogen and oxygen atoms in total. The average Bonchev–Trinajstić information content (AvgIpc) is 3.19. The maximum absolute atomic E-state index is 13.0. The van der Waals surface area contributed by atoms with Gasteiger partial charge in [0.25, 0.3) is 17.7 Å². The standard InChI is InChI=1S/C21H27N3O3/c1-13-9-14(11-22)12-23(13)19(25)15-7-8-17-18(10-15)21(27)24(20(17)26)16-5-3-2-4-6-16/h7-8,10,13-14,16H,2-6,9,11-12,22H2,1H3. The van der Waals surface area contributed by atoms with Crippen LogP contribution in [0.3, 0.4) is 0 Å². The van der Waals surface area contributed by atoms with Gasteiger partial charge in [-0.15, -0.1) is 0 Å². The lowest BCUT2D eigenvalue weighted by molar-refractivity contribution is 0.0548. The van der Waals surface area contributed by atoms with E-state index in [4.69, 9.17) is 5.73 Å². The molecule has 0 radical (unpaired) electrons. The highest BCUT2D eigenvalue weighted by Gasteiger charge is 2.41. The molecule has 2 heterocycles. The molecule has 6 heteroatoms. The Morgan fingerprint density at radius 1 is 1.11 bits per heavy atom. The minimum absolute atomic E-state index is 0.00535. The van der Waals surface area contributed by atoms with Gasteiger partial charge in [-0.1, -0.05) is 19.3 Å². The van der Waals surface area contributed by atoms with Gasteiger partial charge in [0.05, 0.1) is 11.1 Å². The molecule has 3 aliphatic rings. The fraction of sp³-hybridized carbons (Fsp3) is 0.571. The van der Waals surface area contributed by atoms with Crippen LogP contribution in [-0.2, 0) is 0 Å². The predicted octanol–water partition coefficient (Wildman–Crippen LogP) is 2.42. The van der Waals surface area contributed by atoms with Gasteiger partial charge in [-0.2, -0.15) is 0 Å². The zero-order valence-electron chi connectivity index (χ0n) is 15.8. The summed E-state index contributed by atoms with van der Waals surface area (Å²) >= 11 is 0. The van der Waals surface area contributed by atoms with Gasteiger partial charge >= 0.3 is 0 Å². The molecule has 0 spiro atoms. The highest BCUT2D eigenvalue weighted by atomic mass is 16.2. The smallest absolute Gasteiger partial charge is 0.261 e. The number of benzene rings is 1. The van der Waals surface area contributed by atoms with E-state index in [1.807, 2.05) is 11.8 Å². The van der Waals surface area contributed by atoms with Crippen molar-refractivity contribution in [3.05, 3.63) is 34.9 Å². The third kappa shape index (κ3) is 3.06. The Labute approximate surface area is 159 Å². The summed E-state index contributed by atoms with van der Waals surface area (Å²) in [6.45, 7) is 3.25. The van der Waals surface area contributed by atoms with E-state index < -0.39 is 0 Å². The zero-order chi connectivity index (χ0) is 19.1. The predicted molar refractivity (Wildman–Crippen MR) is 101 cm³/mol. The van der Waals surface area contributed by atoms with Gasteiger partial charge in [0.2, 0.25) is 0 Å². The van der Waals surface area contributed by atoms with Crippen LogP contribution in [0, 0.1) is 5.92 Å². The van der Waals surface area contributed by atoms with Gasteiger partial charge in [-0.3, -0.25) is 19.3 Å². The van der Waals surface area contributed by atoms with Crippen molar-refractivity contribution in [1.82, 2.24) is 9.80 Å². The summed E-state index contributed by atoms with van der Waals surface area (Å²) in [6.07, 6.45) is 5.93. The molecular weight excluding hydrogens is 342 g/mol. The molecular formula is C21H27N3O3. The maximum atomic E-state index is 13.0. The molecule has 3 amide bonds. The van der Waals surface area contributed by atoms with Crippen molar-refractivity contribution < 1.29 is 14.4 Å². The van der Waals surface area contributed by atoms with E-state index in [1.54, 1.807) is 18.2 Å². The molecule has 1 aromatic rings. The molecule has 27 heavy (non-hydrogen) atoms. The Morgan fingerprint density at radius 3 is 2.48 bits per heavy atom. The third-order valence-corrected chi connectivity index (χ3v) is 6.36. The number of hydrogen-bond acceptors (Lipinski definition) is 4. The lowest BCUT2D eigenvalue weighted by atomic mass is 9.94. The molecule has 1 aromatic carbocycles.